The molecule has 1 aliphatic carbocycles. The molecule has 1 N–H and O–H groups in total. The second-order valence-electron chi connectivity index (χ2n) is 6.11. The number of carbonyl (C=O) groups is 1. The van der Waals surface area contributed by atoms with E-state index in [4.69, 9.17) is 0 Å². The average Bonchev–Trinajstić information content (AvgIpc) is 3.01. The van der Waals surface area contributed by atoms with Crippen LogP contribution in [0.15, 0.2) is 54.6 Å². The predicted octanol–water partition coefficient (Wildman–Crippen LogP) is 5.21. The minimum absolute atomic E-state index is 0.377. The van der Waals surface area contributed by atoms with Crippen LogP contribution in [0, 0.1) is 0 Å². The Morgan fingerprint density at radius 3 is 2.36 bits per heavy atom. The summed E-state index contributed by atoms with van der Waals surface area (Å²) in [7, 11) is 0. The predicted molar refractivity (Wildman–Crippen MR) is 90.8 cm³/mol. The Morgan fingerprint density at radius 1 is 0.880 bits per heavy atom. The fourth-order valence-electron chi connectivity index (χ4n) is 3.47. The Labute approximate surface area is 142 Å². The normalized spacial score (nSPS) is 13.2. The molecule has 0 atom stereocenters. The highest BCUT2D eigenvalue weighted by Gasteiger charge is 2.35. The van der Waals surface area contributed by atoms with E-state index in [2.05, 4.69) is 5.32 Å². The highest BCUT2D eigenvalue weighted by molar-refractivity contribution is 6.11. The summed E-state index contributed by atoms with van der Waals surface area (Å²) in [5.41, 5.74) is 1.64. The second-order valence-corrected chi connectivity index (χ2v) is 6.11. The third kappa shape index (κ3) is 2.65. The van der Waals surface area contributed by atoms with Gasteiger partial charge in [-0.3, -0.25) is 4.79 Å². The van der Waals surface area contributed by atoms with E-state index in [1.807, 2.05) is 24.3 Å². The molecule has 1 aliphatic rings. The maximum atomic E-state index is 13.1. The lowest BCUT2D eigenvalue weighted by Gasteiger charge is -2.14. The van der Waals surface area contributed by atoms with Gasteiger partial charge in [-0.25, -0.2) is 0 Å². The molecule has 0 unspecified atom stereocenters. The largest absolute Gasteiger partial charge is 0.417 e. The van der Waals surface area contributed by atoms with Gasteiger partial charge in [-0.15, -0.1) is 0 Å². The van der Waals surface area contributed by atoms with Crippen LogP contribution in [0.25, 0.3) is 10.8 Å². The molecular weight excluding hydrogens is 327 g/mol. The molecule has 0 aromatic heterocycles. The van der Waals surface area contributed by atoms with E-state index in [0.717, 1.165) is 29.7 Å². The summed E-state index contributed by atoms with van der Waals surface area (Å²) in [6, 6.07) is 14.4. The van der Waals surface area contributed by atoms with Crippen molar-refractivity contribution in [2.45, 2.75) is 19.0 Å². The number of benzene rings is 3. The summed E-state index contributed by atoms with van der Waals surface area (Å²) in [6.07, 6.45) is -2.68. The van der Waals surface area contributed by atoms with E-state index in [0.29, 0.717) is 5.69 Å². The molecule has 4 rings (SSSR count). The zero-order chi connectivity index (χ0) is 17.6. The molecule has 0 heterocycles. The van der Waals surface area contributed by atoms with Crippen LogP contribution >= 0.6 is 0 Å². The first-order chi connectivity index (χ1) is 11.9. The number of alkyl halides is 3. The zero-order valence-corrected chi connectivity index (χ0v) is 13.2. The van der Waals surface area contributed by atoms with Crippen LogP contribution in [0.2, 0.25) is 0 Å². The highest BCUT2D eigenvalue weighted by atomic mass is 19.4. The van der Waals surface area contributed by atoms with Crippen molar-refractivity contribution in [1.29, 1.82) is 0 Å². The molecule has 5 heteroatoms. The molecule has 0 bridgehead atoms. The molecule has 3 aromatic rings. The third-order valence-corrected chi connectivity index (χ3v) is 4.60. The number of hydrogen-bond acceptors (Lipinski definition) is 1. The van der Waals surface area contributed by atoms with Gasteiger partial charge < -0.3 is 5.32 Å². The first kappa shape index (κ1) is 15.7. The Kier molecular flexibility index (Phi) is 3.53. The van der Waals surface area contributed by atoms with Crippen molar-refractivity contribution in [2.24, 2.45) is 0 Å². The summed E-state index contributed by atoms with van der Waals surface area (Å²) in [4.78, 5) is 12.5. The van der Waals surface area contributed by atoms with Crippen LogP contribution in [-0.2, 0) is 19.0 Å². The average molecular weight is 341 g/mol. The Hall–Kier alpha value is -2.82. The Balaban J connectivity index is 1.76. The Morgan fingerprint density at radius 2 is 1.60 bits per heavy atom. The number of carbonyl (C=O) groups excluding carboxylic acids is 1. The molecule has 0 saturated heterocycles. The standard InChI is InChI=1S/C20H14F3NO/c21-20(22,23)16-7-2-1-5-14(16)19(25)24-17-11-10-13-9-8-12-4-3-6-15(17)18(12)13/h1-7,10-11H,8-9H2,(H,24,25). The molecule has 0 spiro atoms. The quantitative estimate of drug-likeness (QED) is 0.681. The van der Waals surface area contributed by atoms with Gasteiger partial charge in [0.2, 0.25) is 0 Å². The van der Waals surface area contributed by atoms with Gasteiger partial charge in [-0.2, -0.15) is 13.2 Å². The lowest BCUT2D eigenvalue weighted by molar-refractivity contribution is -0.137. The molecule has 3 aromatic carbocycles. The van der Waals surface area contributed by atoms with Crippen LogP contribution < -0.4 is 5.32 Å². The van der Waals surface area contributed by atoms with Gasteiger partial charge in [-0.05, 0) is 47.6 Å². The SMILES string of the molecule is O=C(Nc1ccc2c3c(cccc13)CC2)c1ccccc1C(F)(F)F. The summed E-state index contributed by atoms with van der Waals surface area (Å²) in [5.74, 6) is -0.758. The fourth-order valence-corrected chi connectivity index (χ4v) is 3.47. The number of halogens is 3. The lowest BCUT2D eigenvalue weighted by Crippen LogP contribution is -2.18. The Bertz CT molecular complexity index is 982. The first-order valence-corrected chi connectivity index (χ1v) is 7.96. The minimum atomic E-state index is -4.57. The molecule has 0 saturated carbocycles. The van der Waals surface area contributed by atoms with Gasteiger partial charge in [0.15, 0.2) is 0 Å². The summed E-state index contributed by atoms with van der Waals surface area (Å²) < 4.78 is 39.4. The fraction of sp³-hybridized carbons (Fsp3) is 0.150. The number of anilines is 1. The van der Waals surface area contributed by atoms with Crippen molar-refractivity contribution in [3.8, 4) is 0 Å². The van der Waals surface area contributed by atoms with Gasteiger partial charge in [0.1, 0.15) is 0 Å². The van der Waals surface area contributed by atoms with Crippen molar-refractivity contribution < 1.29 is 18.0 Å². The van der Waals surface area contributed by atoms with E-state index in [9.17, 15) is 18.0 Å². The van der Waals surface area contributed by atoms with Crippen LogP contribution in [0.5, 0.6) is 0 Å². The van der Waals surface area contributed by atoms with Crippen LogP contribution in [0.1, 0.15) is 27.0 Å². The van der Waals surface area contributed by atoms with Crippen LogP contribution in [0.3, 0.4) is 0 Å². The molecule has 0 radical (unpaired) electrons. The first-order valence-electron chi connectivity index (χ1n) is 7.96. The lowest BCUT2D eigenvalue weighted by atomic mass is 10.0. The minimum Gasteiger partial charge on any atom is -0.321 e. The third-order valence-electron chi connectivity index (χ3n) is 4.60. The number of hydrogen-bond donors (Lipinski definition) is 1. The molecule has 0 fully saturated rings. The summed E-state index contributed by atoms with van der Waals surface area (Å²) in [5, 5.41) is 4.62. The van der Waals surface area contributed by atoms with Crippen molar-refractivity contribution >= 4 is 22.4 Å². The van der Waals surface area contributed by atoms with Crippen molar-refractivity contribution in [3.63, 3.8) is 0 Å². The van der Waals surface area contributed by atoms with Crippen LogP contribution in [0.4, 0.5) is 18.9 Å². The van der Waals surface area contributed by atoms with Gasteiger partial charge in [0, 0.05) is 11.1 Å². The highest BCUT2D eigenvalue weighted by Crippen LogP contribution is 2.36. The molecule has 2 nitrogen and oxygen atoms in total. The molecular formula is C20H14F3NO. The number of rotatable bonds is 2. The number of amides is 1. The van der Waals surface area contributed by atoms with Gasteiger partial charge in [0.25, 0.3) is 5.91 Å². The zero-order valence-electron chi connectivity index (χ0n) is 13.2. The van der Waals surface area contributed by atoms with Gasteiger partial charge >= 0.3 is 6.18 Å². The van der Waals surface area contributed by atoms with Crippen molar-refractivity contribution in [2.75, 3.05) is 5.32 Å². The maximum Gasteiger partial charge on any atom is 0.417 e. The van der Waals surface area contributed by atoms with Gasteiger partial charge in [-0.1, -0.05) is 36.4 Å². The van der Waals surface area contributed by atoms with Gasteiger partial charge in [0.05, 0.1) is 11.1 Å². The topological polar surface area (TPSA) is 29.1 Å². The summed E-state index contributed by atoms with van der Waals surface area (Å²) >= 11 is 0. The van der Waals surface area contributed by atoms with Crippen molar-refractivity contribution in [1.82, 2.24) is 0 Å². The smallest absolute Gasteiger partial charge is 0.321 e. The van der Waals surface area contributed by atoms with E-state index in [1.54, 1.807) is 6.07 Å². The molecule has 1 amide bonds. The molecule has 25 heavy (non-hydrogen) atoms. The molecule has 126 valence electrons. The van der Waals surface area contributed by atoms with E-state index >= 15 is 0 Å². The monoisotopic (exact) mass is 341 g/mol. The van der Waals surface area contributed by atoms with Crippen LogP contribution in [-0.4, -0.2) is 5.91 Å². The second kappa shape index (κ2) is 5.62. The summed E-state index contributed by atoms with van der Waals surface area (Å²) in [6.45, 7) is 0. The molecule has 0 aliphatic heterocycles. The number of nitrogens with one attached hydrogen (secondary N) is 1. The number of aryl methyl sites for hydroxylation is 2. The maximum absolute atomic E-state index is 13.1. The van der Waals surface area contributed by atoms with E-state index in [1.165, 1.54) is 29.3 Å². The van der Waals surface area contributed by atoms with Crippen molar-refractivity contribution in [3.05, 3.63) is 76.9 Å². The van der Waals surface area contributed by atoms with E-state index in [-0.39, 0.29) is 5.56 Å². The van der Waals surface area contributed by atoms with E-state index < -0.39 is 17.6 Å².